The molecule has 6 rings (SSSR count). The Hall–Kier alpha value is -3.16. The number of carbonyl (C=O) groups excluding carboxylic acids is 3. The summed E-state index contributed by atoms with van der Waals surface area (Å²) in [5, 5.41) is 3.51. The van der Waals surface area contributed by atoms with Crippen LogP contribution >= 0.6 is 11.6 Å². The molecule has 0 unspecified atom stereocenters. The lowest BCUT2D eigenvalue weighted by Crippen LogP contribution is -2.51. The number of nitrogens with zero attached hydrogens (tertiary/aromatic N) is 2. The van der Waals surface area contributed by atoms with Crippen molar-refractivity contribution in [3.63, 3.8) is 0 Å². The average molecular weight is 478 g/mol. The van der Waals surface area contributed by atoms with Crippen LogP contribution in [-0.2, 0) is 19.1 Å². The summed E-state index contributed by atoms with van der Waals surface area (Å²) >= 11 is 5.99. The molecule has 0 spiro atoms. The fourth-order valence-corrected chi connectivity index (χ4v) is 5.92. The molecule has 0 aliphatic carbocycles. The maximum Gasteiger partial charge on any atom is 0.247 e. The van der Waals surface area contributed by atoms with Crippen molar-refractivity contribution in [2.45, 2.75) is 31.0 Å². The zero-order chi connectivity index (χ0) is 23.4. The van der Waals surface area contributed by atoms with E-state index in [0.29, 0.717) is 17.3 Å². The predicted octanol–water partition coefficient (Wildman–Crippen LogP) is 3.34. The van der Waals surface area contributed by atoms with E-state index in [9.17, 15) is 14.4 Å². The fourth-order valence-electron chi connectivity index (χ4n) is 5.80. The van der Waals surface area contributed by atoms with Gasteiger partial charge in [-0.25, -0.2) is 0 Å². The number of hydrogen-bond acceptors (Lipinski definition) is 5. The van der Waals surface area contributed by atoms with Crippen molar-refractivity contribution in [2.24, 2.45) is 11.8 Å². The monoisotopic (exact) mass is 477 g/mol. The molecular weight excluding hydrogens is 454 g/mol. The largest absolute Gasteiger partial charge is 0.376 e. The van der Waals surface area contributed by atoms with Gasteiger partial charge in [0.1, 0.15) is 6.04 Å². The number of likely N-dealkylation sites (tertiary alicyclic amines) is 1. The van der Waals surface area contributed by atoms with Gasteiger partial charge in [0, 0.05) is 23.0 Å². The molecule has 3 amide bonds. The molecule has 3 saturated heterocycles. The van der Waals surface area contributed by atoms with Gasteiger partial charge in [0.05, 0.1) is 30.5 Å². The molecular formula is C26H24ClN3O4. The van der Waals surface area contributed by atoms with Gasteiger partial charge in [-0.3, -0.25) is 19.3 Å². The maximum atomic E-state index is 13.7. The van der Waals surface area contributed by atoms with Crippen LogP contribution in [0.15, 0.2) is 54.6 Å². The topological polar surface area (TPSA) is 79.0 Å². The summed E-state index contributed by atoms with van der Waals surface area (Å²) in [7, 11) is 0. The molecule has 0 bridgehead atoms. The van der Waals surface area contributed by atoms with E-state index in [2.05, 4.69) is 5.32 Å². The van der Waals surface area contributed by atoms with E-state index in [4.69, 9.17) is 16.3 Å². The standard InChI is InChI=1S/C26H24ClN3O4/c27-16-8-10-17(11-9-16)28-24(31)23-22-21(20-12-7-15-4-1-2-6-19(15)30(20)23)25(32)29(26(22)33)14-18-5-3-13-34-18/h1-2,4,6-12,18,20-23H,3,5,13-14H2,(H,28,31)/t18-,20+,21+,22+,23-/m0/s1. The van der Waals surface area contributed by atoms with E-state index in [1.807, 2.05) is 41.3 Å². The second-order valence-electron chi connectivity index (χ2n) is 9.23. The molecule has 4 heterocycles. The molecule has 4 aliphatic rings. The van der Waals surface area contributed by atoms with Gasteiger partial charge < -0.3 is 15.0 Å². The SMILES string of the molecule is O=C(Nc1ccc(Cl)cc1)[C@@H]1[C@@H]2C(=O)N(C[C@@H]3CCCO3)C(=O)[C@@H]2[C@H]2C=Cc3ccccc3N21. The molecule has 4 aliphatic heterocycles. The van der Waals surface area contributed by atoms with E-state index in [1.165, 1.54) is 4.90 Å². The Morgan fingerprint density at radius 1 is 1.06 bits per heavy atom. The summed E-state index contributed by atoms with van der Waals surface area (Å²) in [4.78, 5) is 44.2. The molecule has 34 heavy (non-hydrogen) atoms. The highest BCUT2D eigenvalue weighted by Crippen LogP contribution is 2.48. The third kappa shape index (κ3) is 3.34. The van der Waals surface area contributed by atoms with Crippen LogP contribution in [0.4, 0.5) is 11.4 Å². The minimum absolute atomic E-state index is 0.133. The number of ether oxygens (including phenoxy) is 1. The van der Waals surface area contributed by atoms with E-state index >= 15 is 0 Å². The summed E-state index contributed by atoms with van der Waals surface area (Å²) in [6, 6.07) is 13.4. The van der Waals surface area contributed by atoms with E-state index in [0.717, 1.165) is 24.1 Å². The summed E-state index contributed by atoms with van der Waals surface area (Å²) in [5.74, 6) is -2.19. The summed E-state index contributed by atoms with van der Waals surface area (Å²) in [5.41, 5.74) is 2.40. The Balaban J connectivity index is 1.37. The smallest absolute Gasteiger partial charge is 0.247 e. The fraction of sp³-hybridized carbons (Fsp3) is 0.346. The number of amides is 3. The van der Waals surface area contributed by atoms with Crippen molar-refractivity contribution < 1.29 is 19.1 Å². The van der Waals surface area contributed by atoms with Crippen molar-refractivity contribution in [3.05, 3.63) is 65.2 Å². The van der Waals surface area contributed by atoms with Crippen LogP contribution in [0.25, 0.3) is 6.08 Å². The van der Waals surface area contributed by atoms with Crippen LogP contribution in [0.1, 0.15) is 18.4 Å². The second kappa shape index (κ2) is 8.25. The number of rotatable bonds is 4. The molecule has 5 atom stereocenters. The zero-order valence-corrected chi connectivity index (χ0v) is 19.1. The van der Waals surface area contributed by atoms with Crippen molar-refractivity contribution in [1.82, 2.24) is 4.90 Å². The second-order valence-corrected chi connectivity index (χ2v) is 9.67. The summed E-state index contributed by atoms with van der Waals surface area (Å²) < 4.78 is 5.69. The molecule has 174 valence electrons. The number of hydrogen-bond donors (Lipinski definition) is 1. The molecule has 8 heteroatoms. The highest BCUT2D eigenvalue weighted by molar-refractivity contribution is 6.30. The van der Waals surface area contributed by atoms with Gasteiger partial charge in [-0.15, -0.1) is 0 Å². The first kappa shape index (κ1) is 21.4. The van der Waals surface area contributed by atoms with E-state index < -0.39 is 17.9 Å². The lowest BCUT2D eigenvalue weighted by atomic mass is 9.88. The number of anilines is 2. The van der Waals surface area contributed by atoms with Gasteiger partial charge in [-0.1, -0.05) is 42.0 Å². The first-order valence-electron chi connectivity index (χ1n) is 11.6. The van der Waals surface area contributed by atoms with Crippen molar-refractivity contribution in [1.29, 1.82) is 0 Å². The normalized spacial score (nSPS) is 29.3. The average Bonchev–Trinajstić information content (AvgIpc) is 3.54. The predicted molar refractivity (Wildman–Crippen MR) is 128 cm³/mol. The lowest BCUT2D eigenvalue weighted by molar-refractivity contribution is -0.142. The lowest BCUT2D eigenvalue weighted by Gasteiger charge is -2.36. The van der Waals surface area contributed by atoms with Gasteiger partial charge in [0.2, 0.25) is 17.7 Å². The Kier molecular flexibility index (Phi) is 5.19. The van der Waals surface area contributed by atoms with Crippen molar-refractivity contribution in [2.75, 3.05) is 23.4 Å². The first-order chi connectivity index (χ1) is 16.5. The van der Waals surface area contributed by atoms with Crippen molar-refractivity contribution >= 4 is 46.8 Å². The Morgan fingerprint density at radius 2 is 1.82 bits per heavy atom. The number of para-hydroxylation sites is 1. The van der Waals surface area contributed by atoms with Crippen LogP contribution in [0.2, 0.25) is 5.02 Å². The zero-order valence-electron chi connectivity index (χ0n) is 18.4. The van der Waals surface area contributed by atoms with Crippen molar-refractivity contribution in [3.8, 4) is 0 Å². The Bertz CT molecular complexity index is 1190. The van der Waals surface area contributed by atoms with E-state index in [-0.39, 0.29) is 36.4 Å². The van der Waals surface area contributed by atoms with Gasteiger partial charge in [0.25, 0.3) is 0 Å². The quantitative estimate of drug-likeness (QED) is 0.683. The van der Waals surface area contributed by atoms with Crippen LogP contribution in [0.3, 0.4) is 0 Å². The number of carbonyl (C=O) groups is 3. The van der Waals surface area contributed by atoms with Crippen LogP contribution < -0.4 is 10.2 Å². The van der Waals surface area contributed by atoms with Gasteiger partial charge in [0.15, 0.2) is 0 Å². The number of fused-ring (bicyclic) bond motifs is 5. The summed E-state index contributed by atoms with van der Waals surface area (Å²) in [6.45, 7) is 0.902. The number of benzene rings is 2. The molecule has 0 radical (unpaired) electrons. The van der Waals surface area contributed by atoms with Gasteiger partial charge in [-0.2, -0.15) is 0 Å². The Morgan fingerprint density at radius 3 is 2.59 bits per heavy atom. The molecule has 0 aromatic heterocycles. The number of nitrogens with one attached hydrogen (secondary N) is 1. The summed E-state index contributed by atoms with van der Waals surface area (Å²) in [6.07, 6.45) is 5.56. The maximum absolute atomic E-state index is 13.7. The third-order valence-corrected chi connectivity index (χ3v) is 7.55. The van der Waals surface area contributed by atoms with Gasteiger partial charge in [-0.05, 0) is 48.7 Å². The van der Waals surface area contributed by atoms with Crippen LogP contribution in [0, 0.1) is 11.8 Å². The molecule has 3 fully saturated rings. The Labute approximate surface area is 202 Å². The van der Waals surface area contributed by atoms with Gasteiger partial charge >= 0.3 is 0 Å². The minimum Gasteiger partial charge on any atom is -0.376 e. The highest BCUT2D eigenvalue weighted by atomic mass is 35.5. The van der Waals surface area contributed by atoms with Crippen LogP contribution in [0.5, 0.6) is 0 Å². The highest BCUT2D eigenvalue weighted by Gasteiger charge is 2.64. The molecule has 2 aromatic carbocycles. The third-order valence-electron chi connectivity index (χ3n) is 7.30. The minimum atomic E-state index is -0.817. The van der Waals surface area contributed by atoms with Crippen LogP contribution in [-0.4, -0.2) is 54.0 Å². The molecule has 1 N–H and O–H groups in total. The molecule has 0 saturated carbocycles. The number of imide groups is 1. The molecule has 2 aromatic rings. The number of halogens is 1. The molecule has 7 nitrogen and oxygen atoms in total. The van der Waals surface area contributed by atoms with E-state index in [1.54, 1.807) is 24.3 Å². The first-order valence-corrected chi connectivity index (χ1v) is 12.0.